The minimum absolute atomic E-state index is 0.0272. The van der Waals surface area contributed by atoms with Gasteiger partial charge in [0, 0.05) is 195 Å². The summed E-state index contributed by atoms with van der Waals surface area (Å²) in [5, 5.41) is 15.2. The average molecular weight is 1930 g/mol. The molecule has 4 saturated heterocycles. The number of sulfone groups is 2. The van der Waals surface area contributed by atoms with Gasteiger partial charge in [0.25, 0.3) is 16.7 Å². The number of benzene rings is 4. The molecule has 137 heavy (non-hydrogen) atoms. The number of carbonyl (C=O) groups excluding carboxylic acids is 2. The van der Waals surface area contributed by atoms with Crippen LogP contribution in [0.2, 0.25) is 5.02 Å². The predicted molar refractivity (Wildman–Crippen MR) is 530 cm³/mol. The van der Waals surface area contributed by atoms with E-state index in [9.17, 15) is 45.0 Å². The monoisotopic (exact) mass is 1930 g/mol. The Labute approximate surface area is 801 Å². The molecule has 0 amide bonds. The third kappa shape index (κ3) is 21.9. The van der Waals surface area contributed by atoms with Crippen molar-refractivity contribution in [2.75, 3.05) is 124 Å². The van der Waals surface area contributed by atoms with Crippen LogP contribution >= 0.6 is 11.6 Å². The number of carbonyl (C=O) groups is 2. The highest BCUT2D eigenvalue weighted by atomic mass is 35.5. The quantitative estimate of drug-likeness (QED) is 0.0316. The second kappa shape index (κ2) is 42.2. The van der Waals surface area contributed by atoms with E-state index < -0.39 is 58.6 Å². The van der Waals surface area contributed by atoms with Gasteiger partial charge in [-0.2, -0.15) is 9.97 Å². The second-order valence-corrected chi connectivity index (χ2v) is 42.2. The number of Topliss-reactive ketones (excluding diaryl/α,β-unsaturated/α-hetero) is 2. The van der Waals surface area contributed by atoms with Crippen LogP contribution in [0.25, 0.3) is 33.1 Å². The van der Waals surface area contributed by atoms with Gasteiger partial charge in [0.2, 0.25) is 21.7 Å². The first-order valence-corrected chi connectivity index (χ1v) is 51.3. The van der Waals surface area contributed by atoms with Gasteiger partial charge in [-0.3, -0.25) is 56.8 Å². The Hall–Kier alpha value is -12.6. The van der Waals surface area contributed by atoms with Gasteiger partial charge in [0.05, 0.1) is 90.2 Å². The largest absolute Gasteiger partial charge is 0.488 e. The molecule has 4 aromatic carbocycles. The smallest absolute Gasteiger partial charge is 0.294 e. The molecular formula is C100H111ClFN21O11S3. The number of hydrogen-bond acceptors (Lipinski definition) is 29. The number of hydrogen-bond donors (Lipinski definition) is 4. The minimum Gasteiger partial charge on any atom is -0.488 e. The number of anilines is 7. The average Bonchev–Trinajstić information content (AvgIpc) is 1.14. The van der Waals surface area contributed by atoms with Gasteiger partial charge < -0.3 is 45.6 Å². The number of piperazine rings is 3. The SMILES string of the molecule is CC1CN(c2ccc(Nc3ncc4cc(C(=O)C(C)C)c(=O)n(Cc5cnccc5S(=O)(=O)c5ccccc5)c4n3)cc2F)CC(C)N1.CCOc1cc2cnc(Nc3ccc(N4CCNCC4)c(Cl)c3)nc2n(Cc2ncccc2S(=O)(=O)C2CCCC2)c1=O.CN(C)CCS(=O)c1ncccc1Cn1c(=O)c(C(=O)C2CC2)cc2cnc(Cc3ccc(N4CCN5CCCC5C4)cc3)nc21. The molecule has 4 unspecified atom stereocenters. The van der Waals surface area contributed by atoms with Crippen molar-refractivity contribution in [3.63, 3.8) is 0 Å². The zero-order chi connectivity index (χ0) is 95.9. The number of fused-ring (bicyclic) bond motifs is 4. The zero-order valence-corrected chi connectivity index (χ0v) is 80.7. The van der Waals surface area contributed by atoms with Crippen molar-refractivity contribution >= 4 is 127 Å². The van der Waals surface area contributed by atoms with Crippen molar-refractivity contribution in [3.05, 3.63) is 264 Å². The lowest BCUT2D eigenvalue weighted by Gasteiger charge is -2.38. The number of nitrogens with one attached hydrogen (secondary N) is 4. The molecule has 19 rings (SSSR count). The summed E-state index contributed by atoms with van der Waals surface area (Å²) >= 11 is 6.65. The maximum absolute atomic E-state index is 15.4. The van der Waals surface area contributed by atoms with Crippen molar-refractivity contribution in [1.29, 1.82) is 0 Å². The Morgan fingerprint density at radius 3 is 1.91 bits per heavy atom. The van der Waals surface area contributed by atoms with Gasteiger partial charge in [-0.15, -0.1) is 0 Å². The Kier molecular flexibility index (Phi) is 29.6. The van der Waals surface area contributed by atoms with Crippen molar-refractivity contribution < 1.29 is 39.8 Å². The Balaban J connectivity index is 0.000000143. The van der Waals surface area contributed by atoms with E-state index in [4.69, 9.17) is 21.3 Å². The van der Waals surface area contributed by atoms with Crippen molar-refractivity contribution in [1.82, 2.24) is 79.0 Å². The maximum atomic E-state index is 15.4. The van der Waals surface area contributed by atoms with Gasteiger partial charge >= 0.3 is 0 Å². The van der Waals surface area contributed by atoms with E-state index in [1.54, 1.807) is 111 Å². The molecule has 4 atom stereocenters. The first-order valence-electron chi connectivity index (χ1n) is 46.6. The van der Waals surface area contributed by atoms with Crippen LogP contribution in [0.4, 0.5) is 44.7 Å². The molecule has 2 aliphatic carbocycles. The third-order valence-corrected chi connectivity index (χ3v) is 31.5. The van der Waals surface area contributed by atoms with E-state index in [2.05, 4.69) is 114 Å². The Morgan fingerprint density at radius 2 is 1.24 bits per heavy atom. The predicted octanol–water partition coefficient (Wildman–Crippen LogP) is 12.5. The van der Waals surface area contributed by atoms with Crippen LogP contribution in [0, 0.1) is 17.7 Å². The molecule has 0 spiro atoms. The van der Waals surface area contributed by atoms with Gasteiger partial charge in [-0.25, -0.2) is 46.1 Å². The molecule has 714 valence electrons. The van der Waals surface area contributed by atoms with Gasteiger partial charge in [0.1, 0.15) is 33.6 Å². The topological polar surface area (TPSA) is 375 Å². The van der Waals surface area contributed by atoms with Gasteiger partial charge in [-0.05, 0) is 189 Å². The van der Waals surface area contributed by atoms with Crippen LogP contribution in [0.3, 0.4) is 0 Å². The van der Waals surface area contributed by atoms with Crippen molar-refractivity contribution in [2.45, 2.75) is 155 Å². The highest BCUT2D eigenvalue weighted by Crippen LogP contribution is 2.37. The first kappa shape index (κ1) is 96.1. The maximum Gasteiger partial charge on any atom is 0.294 e. The minimum atomic E-state index is -3.98. The molecule has 13 aromatic rings. The lowest BCUT2D eigenvalue weighted by atomic mass is 10.0. The van der Waals surface area contributed by atoms with Gasteiger partial charge in [0.15, 0.2) is 27.2 Å². The normalized spacial score (nSPS) is 17.3. The van der Waals surface area contributed by atoms with E-state index in [-0.39, 0.29) is 122 Å². The Bertz CT molecular complexity index is 7140. The van der Waals surface area contributed by atoms with Crippen LogP contribution in [0.1, 0.15) is 135 Å². The number of pyridine rings is 6. The van der Waals surface area contributed by atoms with Gasteiger partial charge in [-0.1, -0.05) is 74.7 Å². The van der Waals surface area contributed by atoms with Crippen LogP contribution in [-0.2, 0) is 56.5 Å². The molecule has 6 aliphatic rings. The molecule has 6 fully saturated rings. The number of rotatable bonds is 29. The lowest BCUT2D eigenvalue weighted by molar-refractivity contribution is 0.0935. The summed E-state index contributed by atoms with van der Waals surface area (Å²) in [6, 6.07) is 41.1. The fraction of sp³-hybridized carbons (Fsp3) is 0.380. The molecular weight excluding hydrogens is 1820 g/mol. The molecule has 2 saturated carbocycles. The highest BCUT2D eigenvalue weighted by Gasteiger charge is 2.37. The van der Waals surface area contributed by atoms with E-state index in [1.807, 2.05) is 48.2 Å². The second-order valence-electron chi connectivity index (χ2n) is 36.2. The molecule has 32 nitrogen and oxygen atoms in total. The molecule has 13 heterocycles. The summed E-state index contributed by atoms with van der Waals surface area (Å²) in [5.41, 5.74) is 5.68. The van der Waals surface area contributed by atoms with Crippen LogP contribution < -0.4 is 57.4 Å². The summed E-state index contributed by atoms with van der Waals surface area (Å²) in [4.78, 5) is 120. The van der Waals surface area contributed by atoms with Crippen LogP contribution in [-0.4, -0.2) is 223 Å². The summed E-state index contributed by atoms with van der Waals surface area (Å²) in [6.07, 6.45) is 18.4. The van der Waals surface area contributed by atoms with E-state index in [1.165, 1.54) is 83.1 Å². The lowest BCUT2D eigenvalue weighted by Crippen LogP contribution is -2.54. The van der Waals surface area contributed by atoms with Crippen LogP contribution in [0.15, 0.2) is 217 Å². The summed E-state index contributed by atoms with van der Waals surface area (Å²) in [6.45, 7) is 19.4. The molecule has 0 radical (unpaired) electrons. The summed E-state index contributed by atoms with van der Waals surface area (Å²) in [5.74, 6) is 0.0220. The number of ketones is 2. The fourth-order valence-electron chi connectivity index (χ4n) is 18.5. The van der Waals surface area contributed by atoms with Crippen molar-refractivity contribution in [3.8, 4) is 5.75 Å². The van der Waals surface area contributed by atoms with Crippen molar-refractivity contribution in [2.24, 2.45) is 11.8 Å². The van der Waals surface area contributed by atoms with E-state index >= 15 is 4.39 Å². The number of halogens is 2. The molecule has 37 heteroatoms. The Morgan fingerprint density at radius 1 is 0.606 bits per heavy atom. The number of aromatic nitrogens is 12. The third-order valence-electron chi connectivity index (χ3n) is 25.7. The first-order chi connectivity index (χ1) is 66.1. The highest BCUT2D eigenvalue weighted by molar-refractivity contribution is 7.92. The standard InChI is InChI=1S/C35H36FN7O4S.C35H41N7O3S.C30H34ClN7O4S/c1-21(2)32(44)28-14-24-17-38-35(40-26-10-11-30(29(36)15-26)42-18-22(3)39-23(4)19-42)41-33(24)43(34(28)45)20-25-16-37-13-12-31(25)48(46,47)27-8-6-5-7-9-27;1-39(2)17-18-46(45)34-26(5-3-13-36-34)22-42-33-27(20-30(35(42)44)32(43)25-9-10-25)21-37-31(38-33)19-24-7-11-28(12-8-24)41-16-15-40-14-4-6-29(40)23-41;1-2-42-26-16-20-18-34-30(35-21-9-10-25(23(31)17-21)37-14-12-32-13-15-37)36-28(20)38(29(26)39)19-24-27(8-5-11-33-24)43(40,41)22-6-3-4-7-22/h5-17,21-23,39H,18-20H2,1-4H3,(H,38,40,41);3,5,7-8,11-13,20-21,25,29H,4,6,9-10,14-19,22-23H2,1-2H3;5,8-11,16-18,22,32H,2-4,6-7,12-15,19H2,1H3,(H,34,35,36). The molecule has 9 aromatic heterocycles. The fourth-order valence-corrected chi connectivity index (χ4v) is 23.7. The van der Waals surface area contributed by atoms with E-state index in [0.29, 0.717) is 117 Å². The molecule has 4 N–H and O–H groups in total. The zero-order valence-electron chi connectivity index (χ0n) is 77.5. The summed E-state index contributed by atoms with van der Waals surface area (Å²) < 4.78 is 92.9. The van der Waals surface area contributed by atoms with E-state index in [0.717, 1.165) is 82.7 Å². The summed E-state index contributed by atoms with van der Waals surface area (Å²) in [7, 11) is -5.07. The van der Waals surface area contributed by atoms with Crippen LogP contribution in [0.5, 0.6) is 5.75 Å². The molecule has 0 bridgehead atoms. The molecule has 4 aliphatic heterocycles. The number of ether oxygens (including phenoxy) is 1. The number of nitrogens with zero attached hydrogens (tertiary/aromatic N) is 17.